The van der Waals surface area contributed by atoms with Crippen LogP contribution in [-0.4, -0.2) is 47.8 Å². The van der Waals surface area contributed by atoms with Gasteiger partial charge in [0.05, 0.1) is 0 Å². The van der Waals surface area contributed by atoms with Crippen molar-refractivity contribution in [2.75, 3.05) is 26.2 Å². The number of hydrogen-bond acceptors (Lipinski definition) is 4. The molecule has 0 aliphatic carbocycles. The van der Waals surface area contributed by atoms with Crippen LogP contribution in [0.15, 0.2) is 36.0 Å². The van der Waals surface area contributed by atoms with E-state index >= 15 is 0 Å². The van der Waals surface area contributed by atoms with Crippen LogP contribution in [0, 0.1) is 11.3 Å². The van der Waals surface area contributed by atoms with Gasteiger partial charge in [-0.2, -0.15) is 5.26 Å². The number of hydrogen-bond donors (Lipinski definition) is 1. The molecule has 2 rings (SSSR count). The largest absolute Gasteiger partial charge is 0.373 e. The van der Waals surface area contributed by atoms with Crippen LogP contribution in [0.5, 0.6) is 0 Å². The van der Waals surface area contributed by atoms with E-state index in [2.05, 4.69) is 5.32 Å². The first kappa shape index (κ1) is 17.8. The Kier molecular flexibility index (Phi) is 6.21. The van der Waals surface area contributed by atoms with Crippen LogP contribution in [0.25, 0.3) is 0 Å². The Morgan fingerprint density at radius 1 is 1.29 bits per heavy atom. The van der Waals surface area contributed by atoms with Gasteiger partial charge in [-0.3, -0.25) is 9.59 Å². The highest BCUT2D eigenvalue weighted by Crippen LogP contribution is 2.14. The fraction of sp³-hybridized carbons (Fsp3) is 0.353. The molecule has 0 spiro atoms. The summed E-state index contributed by atoms with van der Waals surface area (Å²) in [6.07, 6.45) is 1.55. The molecule has 1 heterocycles. The van der Waals surface area contributed by atoms with E-state index in [1.54, 1.807) is 17.2 Å². The number of piperazine rings is 1. The van der Waals surface area contributed by atoms with Gasteiger partial charge in [-0.1, -0.05) is 29.8 Å². The molecule has 126 valence electrons. The van der Waals surface area contributed by atoms with Gasteiger partial charge in [0.15, 0.2) is 0 Å². The first-order valence-corrected chi connectivity index (χ1v) is 8.02. The van der Waals surface area contributed by atoms with E-state index in [1.165, 1.54) is 6.92 Å². The maximum atomic E-state index is 12.2. The van der Waals surface area contributed by atoms with Gasteiger partial charge in [-0.15, -0.1) is 0 Å². The normalized spacial score (nSPS) is 15.0. The summed E-state index contributed by atoms with van der Waals surface area (Å²) in [7, 11) is 0. The van der Waals surface area contributed by atoms with E-state index in [4.69, 9.17) is 11.6 Å². The zero-order chi connectivity index (χ0) is 17.5. The highest BCUT2D eigenvalue weighted by molar-refractivity contribution is 6.31. The van der Waals surface area contributed by atoms with Crippen molar-refractivity contribution in [2.45, 2.75) is 13.5 Å². The molecule has 2 amide bonds. The number of rotatable bonds is 4. The maximum Gasteiger partial charge on any atom is 0.263 e. The molecule has 1 N–H and O–H groups in total. The number of carbonyl (C=O) groups is 2. The first-order valence-electron chi connectivity index (χ1n) is 7.64. The number of halogens is 1. The lowest BCUT2D eigenvalue weighted by molar-refractivity contribution is -0.130. The number of nitrogens with zero attached hydrogens (tertiary/aromatic N) is 3. The monoisotopic (exact) mass is 346 g/mol. The van der Waals surface area contributed by atoms with Crippen molar-refractivity contribution in [1.29, 1.82) is 5.26 Å². The number of benzene rings is 1. The van der Waals surface area contributed by atoms with E-state index in [0.29, 0.717) is 31.2 Å². The topological polar surface area (TPSA) is 76.4 Å². The lowest BCUT2D eigenvalue weighted by Crippen LogP contribution is -2.46. The molecule has 6 nitrogen and oxygen atoms in total. The summed E-state index contributed by atoms with van der Waals surface area (Å²) in [4.78, 5) is 27.1. The molecule has 1 aromatic rings. The Morgan fingerprint density at radius 3 is 2.54 bits per heavy atom. The molecule has 0 bridgehead atoms. The van der Waals surface area contributed by atoms with Crippen molar-refractivity contribution in [3.8, 4) is 6.07 Å². The molecule has 1 aliphatic heterocycles. The molecule has 0 saturated carbocycles. The summed E-state index contributed by atoms with van der Waals surface area (Å²) >= 11 is 6.04. The van der Waals surface area contributed by atoms with Crippen LogP contribution in [0.3, 0.4) is 0 Å². The molecule has 0 aromatic heterocycles. The Balaban J connectivity index is 1.93. The van der Waals surface area contributed by atoms with Gasteiger partial charge in [-0.05, 0) is 11.6 Å². The molecule has 7 heteroatoms. The van der Waals surface area contributed by atoms with Crippen molar-refractivity contribution in [2.24, 2.45) is 0 Å². The van der Waals surface area contributed by atoms with Gasteiger partial charge in [0.25, 0.3) is 5.91 Å². The average molecular weight is 347 g/mol. The second kappa shape index (κ2) is 8.37. The minimum atomic E-state index is -0.439. The molecule has 0 atom stereocenters. The van der Waals surface area contributed by atoms with Crippen molar-refractivity contribution in [3.63, 3.8) is 0 Å². The molecule has 1 aliphatic rings. The standard InChI is InChI=1S/C17H19ClN4O2/c1-13(23)22-8-6-21(7-9-22)12-15(10-19)17(24)20-11-14-4-2-3-5-16(14)18/h2-5,12H,6-9,11H2,1H3,(H,20,24)/b15-12-. The summed E-state index contributed by atoms with van der Waals surface area (Å²) in [5, 5.41) is 12.5. The average Bonchev–Trinajstić information content (AvgIpc) is 2.59. The first-order chi connectivity index (χ1) is 11.5. The molecule has 0 unspecified atom stereocenters. The number of nitriles is 1. The lowest BCUT2D eigenvalue weighted by Gasteiger charge is -2.33. The third kappa shape index (κ3) is 4.74. The van der Waals surface area contributed by atoms with Gasteiger partial charge in [0.2, 0.25) is 5.91 Å². The molecule has 0 radical (unpaired) electrons. The van der Waals surface area contributed by atoms with Crippen LogP contribution in [0.1, 0.15) is 12.5 Å². The Labute approximate surface area is 146 Å². The molecule has 1 fully saturated rings. The Hall–Kier alpha value is -2.52. The van der Waals surface area contributed by atoms with E-state index < -0.39 is 5.91 Å². The second-order valence-corrected chi connectivity index (χ2v) is 5.88. The summed E-state index contributed by atoms with van der Waals surface area (Å²) < 4.78 is 0. The maximum absolute atomic E-state index is 12.2. The molecular formula is C17H19ClN4O2. The van der Waals surface area contributed by atoms with Gasteiger partial charge in [-0.25, -0.2) is 0 Å². The van der Waals surface area contributed by atoms with Crippen LogP contribution < -0.4 is 5.32 Å². The molecular weight excluding hydrogens is 328 g/mol. The zero-order valence-corrected chi connectivity index (χ0v) is 14.2. The summed E-state index contributed by atoms with van der Waals surface area (Å²) in [5.41, 5.74) is 0.832. The van der Waals surface area contributed by atoms with E-state index in [1.807, 2.05) is 29.2 Å². The van der Waals surface area contributed by atoms with Gasteiger partial charge < -0.3 is 15.1 Å². The number of carbonyl (C=O) groups excluding carboxylic acids is 2. The summed E-state index contributed by atoms with van der Waals surface area (Å²) in [6.45, 7) is 4.17. The number of amides is 2. The SMILES string of the molecule is CC(=O)N1CCN(/C=C(/C#N)C(=O)NCc2ccccc2Cl)CC1. The summed E-state index contributed by atoms with van der Waals surface area (Å²) in [6, 6.07) is 9.15. The van der Waals surface area contributed by atoms with Gasteiger partial charge >= 0.3 is 0 Å². The molecule has 1 aromatic carbocycles. The third-order valence-electron chi connectivity index (χ3n) is 3.83. The van der Waals surface area contributed by atoms with E-state index in [-0.39, 0.29) is 18.0 Å². The lowest BCUT2D eigenvalue weighted by atomic mass is 10.2. The van der Waals surface area contributed by atoms with Crippen LogP contribution in [0.4, 0.5) is 0 Å². The third-order valence-corrected chi connectivity index (χ3v) is 4.20. The van der Waals surface area contributed by atoms with Crippen LogP contribution >= 0.6 is 11.6 Å². The van der Waals surface area contributed by atoms with Gasteiger partial charge in [0.1, 0.15) is 11.6 Å². The van der Waals surface area contributed by atoms with Crippen LogP contribution in [-0.2, 0) is 16.1 Å². The predicted octanol–water partition coefficient (Wildman–Crippen LogP) is 1.53. The molecule has 24 heavy (non-hydrogen) atoms. The quantitative estimate of drug-likeness (QED) is 0.662. The zero-order valence-electron chi connectivity index (χ0n) is 13.5. The van der Waals surface area contributed by atoms with Crippen molar-refractivity contribution in [1.82, 2.24) is 15.1 Å². The van der Waals surface area contributed by atoms with E-state index in [9.17, 15) is 14.9 Å². The van der Waals surface area contributed by atoms with Crippen molar-refractivity contribution < 1.29 is 9.59 Å². The Morgan fingerprint density at radius 2 is 1.96 bits per heavy atom. The van der Waals surface area contributed by atoms with Crippen molar-refractivity contribution in [3.05, 3.63) is 46.6 Å². The van der Waals surface area contributed by atoms with E-state index in [0.717, 1.165) is 5.56 Å². The second-order valence-electron chi connectivity index (χ2n) is 5.47. The van der Waals surface area contributed by atoms with Crippen LogP contribution in [0.2, 0.25) is 5.02 Å². The minimum Gasteiger partial charge on any atom is -0.373 e. The van der Waals surface area contributed by atoms with Gasteiger partial charge in [0, 0.05) is 50.9 Å². The number of nitrogens with one attached hydrogen (secondary N) is 1. The predicted molar refractivity (Wildman–Crippen MR) is 90.8 cm³/mol. The summed E-state index contributed by atoms with van der Waals surface area (Å²) in [5.74, 6) is -0.400. The Bertz CT molecular complexity index is 688. The van der Waals surface area contributed by atoms with Crippen molar-refractivity contribution >= 4 is 23.4 Å². The fourth-order valence-electron chi connectivity index (χ4n) is 2.40. The minimum absolute atomic E-state index is 0.0385. The molecule has 1 saturated heterocycles. The highest BCUT2D eigenvalue weighted by atomic mass is 35.5. The highest BCUT2D eigenvalue weighted by Gasteiger charge is 2.18. The fourth-order valence-corrected chi connectivity index (χ4v) is 2.60. The smallest absolute Gasteiger partial charge is 0.263 e.